The zero-order chi connectivity index (χ0) is 10.9. The smallest absolute Gasteiger partial charge is 0.0603 e. The lowest BCUT2D eigenvalue weighted by Gasteiger charge is -2.33. The molecule has 0 saturated carbocycles. The first-order valence-electron chi connectivity index (χ1n) is 4.99. The summed E-state index contributed by atoms with van der Waals surface area (Å²) in [7, 11) is 0. The molecule has 0 aromatic heterocycles. The molecule has 0 aliphatic heterocycles. The van der Waals surface area contributed by atoms with Gasteiger partial charge in [-0.2, -0.15) is 0 Å². The van der Waals surface area contributed by atoms with Crippen LogP contribution >= 0.6 is 0 Å². The molecule has 0 bridgehead atoms. The van der Waals surface area contributed by atoms with Crippen molar-refractivity contribution < 1.29 is 5.11 Å². The summed E-state index contributed by atoms with van der Waals surface area (Å²) in [5, 5.41) is 9.84. The summed E-state index contributed by atoms with van der Waals surface area (Å²) in [5.41, 5.74) is 6.00. The predicted octanol–water partition coefficient (Wildman–Crippen LogP) is 2.16. The van der Waals surface area contributed by atoms with E-state index in [0.717, 1.165) is 0 Å². The van der Waals surface area contributed by atoms with Crippen LogP contribution in [0.25, 0.3) is 0 Å². The molecule has 0 amide bonds. The van der Waals surface area contributed by atoms with Crippen molar-refractivity contribution in [1.29, 1.82) is 0 Å². The lowest BCUT2D eigenvalue weighted by molar-refractivity contribution is 0.0388. The van der Waals surface area contributed by atoms with E-state index >= 15 is 0 Å². The topological polar surface area (TPSA) is 46.2 Å². The highest BCUT2D eigenvalue weighted by molar-refractivity contribution is 4.83. The van der Waals surface area contributed by atoms with E-state index in [9.17, 15) is 5.11 Å². The number of rotatable bonds is 2. The van der Waals surface area contributed by atoms with Crippen molar-refractivity contribution in [2.45, 2.75) is 60.1 Å². The molecule has 0 heterocycles. The van der Waals surface area contributed by atoms with Gasteiger partial charge >= 0.3 is 0 Å². The van der Waals surface area contributed by atoms with E-state index in [1.165, 1.54) is 0 Å². The Kier molecular flexibility index (Phi) is 3.95. The molecule has 0 aromatic carbocycles. The van der Waals surface area contributed by atoms with Crippen LogP contribution in [0.3, 0.4) is 0 Å². The molecule has 0 rings (SSSR count). The van der Waals surface area contributed by atoms with Crippen LogP contribution in [0.5, 0.6) is 0 Å². The van der Waals surface area contributed by atoms with Crippen LogP contribution in [0.4, 0.5) is 0 Å². The Balaban J connectivity index is 4.15. The van der Waals surface area contributed by atoms with Crippen molar-refractivity contribution in [2.75, 3.05) is 0 Å². The first-order valence-corrected chi connectivity index (χ1v) is 4.99. The van der Waals surface area contributed by atoms with Crippen LogP contribution in [0.2, 0.25) is 0 Å². The molecule has 0 aromatic rings. The third-order valence-electron chi connectivity index (χ3n) is 2.59. The summed E-state index contributed by atoms with van der Waals surface area (Å²) < 4.78 is 0. The normalized spacial score (nSPS) is 18.5. The van der Waals surface area contributed by atoms with Gasteiger partial charge in [0, 0.05) is 6.04 Å². The Labute approximate surface area is 82.5 Å². The maximum absolute atomic E-state index is 9.84. The Hall–Kier alpha value is -0.0800. The molecule has 13 heavy (non-hydrogen) atoms. The van der Waals surface area contributed by atoms with Crippen molar-refractivity contribution >= 4 is 0 Å². The van der Waals surface area contributed by atoms with Crippen LogP contribution in [-0.2, 0) is 0 Å². The highest BCUT2D eigenvalue weighted by atomic mass is 16.3. The second-order valence-electron chi connectivity index (χ2n) is 6.09. The van der Waals surface area contributed by atoms with E-state index in [1.807, 2.05) is 20.8 Å². The Morgan fingerprint density at radius 2 is 1.38 bits per heavy atom. The molecule has 0 aliphatic carbocycles. The minimum Gasteiger partial charge on any atom is -0.393 e. The summed E-state index contributed by atoms with van der Waals surface area (Å²) in [4.78, 5) is 0. The molecular formula is C11H25NO. The molecule has 2 atom stereocenters. The molecular weight excluding hydrogens is 162 g/mol. The summed E-state index contributed by atoms with van der Waals surface area (Å²) in [5.74, 6) is 0. The molecule has 80 valence electrons. The fourth-order valence-electron chi connectivity index (χ4n) is 0.948. The zero-order valence-corrected chi connectivity index (χ0v) is 9.89. The van der Waals surface area contributed by atoms with Crippen molar-refractivity contribution in [3.63, 3.8) is 0 Å². The minimum atomic E-state index is -0.318. The maximum Gasteiger partial charge on any atom is 0.0603 e. The molecule has 3 N–H and O–H groups in total. The van der Waals surface area contributed by atoms with Crippen molar-refractivity contribution in [1.82, 2.24) is 0 Å². The Morgan fingerprint density at radius 1 is 1.00 bits per heavy atom. The van der Waals surface area contributed by atoms with Gasteiger partial charge < -0.3 is 10.8 Å². The van der Waals surface area contributed by atoms with Crippen molar-refractivity contribution in [3.05, 3.63) is 0 Å². The third kappa shape index (κ3) is 4.63. The van der Waals surface area contributed by atoms with E-state index in [-0.39, 0.29) is 23.0 Å². The van der Waals surface area contributed by atoms with Gasteiger partial charge in [-0.15, -0.1) is 0 Å². The van der Waals surface area contributed by atoms with Gasteiger partial charge in [0.15, 0.2) is 0 Å². The summed E-state index contributed by atoms with van der Waals surface area (Å²) >= 11 is 0. The number of hydrogen-bond donors (Lipinski definition) is 2. The monoisotopic (exact) mass is 187 g/mol. The molecule has 0 unspecified atom stereocenters. The first-order chi connectivity index (χ1) is 5.55. The predicted molar refractivity (Wildman–Crippen MR) is 57.5 cm³/mol. The molecule has 0 radical (unpaired) electrons. The molecule has 0 spiro atoms. The molecule has 0 aliphatic rings. The SMILES string of the molecule is CC(C)(C)[C@H](O)C[C@H](N)C(C)(C)C. The number of aliphatic hydroxyl groups excluding tert-OH is 1. The van der Waals surface area contributed by atoms with E-state index < -0.39 is 0 Å². The van der Waals surface area contributed by atoms with Gasteiger partial charge in [-0.3, -0.25) is 0 Å². The standard InChI is InChI=1S/C11H25NO/c1-10(2,3)8(12)7-9(13)11(4,5)6/h8-9,13H,7,12H2,1-6H3/t8-,9+/m0/s1. The second kappa shape index (κ2) is 3.97. The van der Waals surface area contributed by atoms with Gasteiger partial charge in [0.2, 0.25) is 0 Å². The van der Waals surface area contributed by atoms with E-state index in [1.54, 1.807) is 0 Å². The summed E-state index contributed by atoms with van der Waals surface area (Å²) in [6.07, 6.45) is 0.356. The second-order valence-corrected chi connectivity index (χ2v) is 6.09. The van der Waals surface area contributed by atoms with Gasteiger partial charge in [-0.25, -0.2) is 0 Å². The number of hydrogen-bond acceptors (Lipinski definition) is 2. The highest BCUT2D eigenvalue weighted by Gasteiger charge is 2.29. The van der Waals surface area contributed by atoms with Gasteiger partial charge in [-0.05, 0) is 17.3 Å². The number of nitrogens with two attached hydrogens (primary N) is 1. The summed E-state index contributed by atoms with van der Waals surface area (Å²) in [6, 6.07) is 0.0572. The number of aliphatic hydroxyl groups is 1. The lowest BCUT2D eigenvalue weighted by atomic mass is 9.78. The van der Waals surface area contributed by atoms with E-state index in [2.05, 4.69) is 20.8 Å². The average molecular weight is 187 g/mol. The van der Waals surface area contributed by atoms with Crippen LogP contribution in [-0.4, -0.2) is 17.3 Å². The lowest BCUT2D eigenvalue weighted by Crippen LogP contribution is -2.41. The fourth-order valence-corrected chi connectivity index (χ4v) is 0.948. The van der Waals surface area contributed by atoms with Gasteiger partial charge in [-0.1, -0.05) is 41.5 Å². The summed E-state index contributed by atoms with van der Waals surface area (Å²) in [6.45, 7) is 12.4. The highest BCUT2D eigenvalue weighted by Crippen LogP contribution is 2.27. The van der Waals surface area contributed by atoms with Crippen LogP contribution in [0.15, 0.2) is 0 Å². The molecule has 2 heteroatoms. The van der Waals surface area contributed by atoms with Crippen LogP contribution in [0, 0.1) is 10.8 Å². The molecule has 0 saturated heterocycles. The Morgan fingerprint density at radius 3 is 1.62 bits per heavy atom. The molecule has 2 nitrogen and oxygen atoms in total. The zero-order valence-electron chi connectivity index (χ0n) is 9.89. The van der Waals surface area contributed by atoms with Gasteiger partial charge in [0.05, 0.1) is 6.10 Å². The van der Waals surface area contributed by atoms with Gasteiger partial charge in [0.1, 0.15) is 0 Å². The third-order valence-corrected chi connectivity index (χ3v) is 2.59. The maximum atomic E-state index is 9.84. The van der Waals surface area contributed by atoms with E-state index in [4.69, 9.17) is 5.73 Å². The van der Waals surface area contributed by atoms with Crippen LogP contribution in [0.1, 0.15) is 48.0 Å². The average Bonchev–Trinajstić information content (AvgIpc) is 1.82. The van der Waals surface area contributed by atoms with Crippen molar-refractivity contribution in [2.24, 2.45) is 16.6 Å². The van der Waals surface area contributed by atoms with Crippen LogP contribution < -0.4 is 5.73 Å². The Bertz CT molecular complexity index is 134. The van der Waals surface area contributed by atoms with Gasteiger partial charge in [0.25, 0.3) is 0 Å². The minimum absolute atomic E-state index is 0.0572. The largest absolute Gasteiger partial charge is 0.393 e. The molecule has 0 fully saturated rings. The first kappa shape index (κ1) is 12.9. The quantitative estimate of drug-likeness (QED) is 0.696. The fraction of sp³-hybridized carbons (Fsp3) is 1.00. The van der Waals surface area contributed by atoms with E-state index in [0.29, 0.717) is 6.42 Å². The van der Waals surface area contributed by atoms with Crippen molar-refractivity contribution in [3.8, 4) is 0 Å².